The van der Waals surface area contributed by atoms with Gasteiger partial charge in [-0.2, -0.15) is 0 Å². The van der Waals surface area contributed by atoms with E-state index in [0.717, 1.165) is 43.4 Å². The number of hydrogen-bond donors (Lipinski definition) is 2. The maximum atomic E-state index is 13.4. The maximum Gasteiger partial charge on any atom is 0.191 e. The Labute approximate surface area is 194 Å². The van der Waals surface area contributed by atoms with Crippen molar-refractivity contribution in [1.29, 1.82) is 0 Å². The van der Waals surface area contributed by atoms with Crippen LogP contribution in [0.3, 0.4) is 0 Å². The van der Waals surface area contributed by atoms with E-state index in [1.165, 1.54) is 11.6 Å². The quantitative estimate of drug-likeness (QED) is 0.264. The van der Waals surface area contributed by atoms with E-state index in [4.69, 9.17) is 0 Å². The lowest BCUT2D eigenvalue weighted by atomic mass is 10.1. The van der Waals surface area contributed by atoms with E-state index in [1.54, 1.807) is 13.0 Å². The summed E-state index contributed by atoms with van der Waals surface area (Å²) in [4.78, 5) is 9.10. The van der Waals surface area contributed by atoms with Crippen LogP contribution in [-0.2, 0) is 19.5 Å². The average Bonchev–Trinajstić information content (AvgIpc) is 3.16. The van der Waals surface area contributed by atoms with Gasteiger partial charge in [0.15, 0.2) is 5.96 Å². The van der Waals surface area contributed by atoms with E-state index in [2.05, 4.69) is 49.4 Å². The van der Waals surface area contributed by atoms with Crippen molar-refractivity contribution in [3.8, 4) is 0 Å². The van der Waals surface area contributed by atoms with Crippen molar-refractivity contribution in [3.05, 3.63) is 89.3 Å². The van der Waals surface area contributed by atoms with Crippen LogP contribution in [0.4, 0.5) is 4.39 Å². The summed E-state index contributed by atoms with van der Waals surface area (Å²) < 4.78 is 15.6. The van der Waals surface area contributed by atoms with Gasteiger partial charge in [-0.05, 0) is 36.6 Å². The molecule has 160 valence electrons. The molecule has 7 heteroatoms. The van der Waals surface area contributed by atoms with Crippen molar-refractivity contribution < 1.29 is 4.39 Å². The predicted molar refractivity (Wildman–Crippen MR) is 131 cm³/mol. The highest BCUT2D eigenvalue weighted by molar-refractivity contribution is 14.0. The number of aryl methyl sites for hydroxylation is 1. The summed E-state index contributed by atoms with van der Waals surface area (Å²) in [6, 6.07) is 15.5. The van der Waals surface area contributed by atoms with Gasteiger partial charge in [-0.25, -0.2) is 14.4 Å². The first-order valence-electron chi connectivity index (χ1n) is 9.97. The minimum absolute atomic E-state index is 0. The number of aliphatic imine (C=N–C) groups is 1. The Balaban J connectivity index is 0.00000320. The van der Waals surface area contributed by atoms with Crippen molar-refractivity contribution in [2.24, 2.45) is 4.99 Å². The Kier molecular flexibility index (Phi) is 9.79. The lowest BCUT2D eigenvalue weighted by Gasteiger charge is -2.12. The molecule has 3 rings (SSSR count). The molecule has 0 atom stereocenters. The number of aromatic nitrogens is 2. The molecule has 0 aliphatic carbocycles. The van der Waals surface area contributed by atoms with E-state index < -0.39 is 0 Å². The van der Waals surface area contributed by atoms with E-state index in [-0.39, 0.29) is 29.8 Å². The Morgan fingerprint density at radius 1 is 1.10 bits per heavy atom. The molecule has 0 fully saturated rings. The molecule has 0 unspecified atom stereocenters. The lowest BCUT2D eigenvalue weighted by Crippen LogP contribution is -2.38. The average molecular weight is 521 g/mol. The van der Waals surface area contributed by atoms with Gasteiger partial charge in [0.2, 0.25) is 0 Å². The van der Waals surface area contributed by atoms with Gasteiger partial charge in [-0.3, -0.25) is 0 Å². The zero-order valence-corrected chi connectivity index (χ0v) is 19.8. The van der Waals surface area contributed by atoms with Crippen LogP contribution in [0.25, 0.3) is 0 Å². The van der Waals surface area contributed by atoms with Crippen LogP contribution in [0.5, 0.6) is 0 Å². The number of imidazole rings is 1. The summed E-state index contributed by atoms with van der Waals surface area (Å²) in [5, 5.41) is 6.61. The van der Waals surface area contributed by atoms with Crippen LogP contribution < -0.4 is 10.6 Å². The van der Waals surface area contributed by atoms with Gasteiger partial charge in [-0.1, -0.05) is 42.5 Å². The number of nitrogens with one attached hydrogen (secondary N) is 2. The van der Waals surface area contributed by atoms with E-state index in [0.29, 0.717) is 12.1 Å². The number of rotatable bonds is 8. The number of halogens is 2. The summed E-state index contributed by atoms with van der Waals surface area (Å²) >= 11 is 0. The van der Waals surface area contributed by atoms with Crippen molar-refractivity contribution in [1.82, 2.24) is 20.2 Å². The normalized spacial score (nSPS) is 11.1. The lowest BCUT2D eigenvalue weighted by molar-refractivity contribution is 0.617. The zero-order valence-electron chi connectivity index (χ0n) is 17.4. The largest absolute Gasteiger partial charge is 0.357 e. The number of hydrogen-bond acceptors (Lipinski definition) is 2. The van der Waals surface area contributed by atoms with Gasteiger partial charge >= 0.3 is 0 Å². The van der Waals surface area contributed by atoms with Crippen molar-refractivity contribution in [3.63, 3.8) is 0 Å². The molecule has 1 aromatic heterocycles. The second kappa shape index (κ2) is 12.3. The molecule has 1 heterocycles. The molecule has 2 N–H and O–H groups in total. The molecule has 0 saturated carbocycles. The van der Waals surface area contributed by atoms with E-state index in [9.17, 15) is 4.39 Å². The van der Waals surface area contributed by atoms with Gasteiger partial charge in [0.25, 0.3) is 0 Å². The van der Waals surface area contributed by atoms with Gasteiger partial charge < -0.3 is 15.2 Å². The summed E-state index contributed by atoms with van der Waals surface area (Å²) in [5.41, 5.74) is 2.88. The van der Waals surface area contributed by atoms with Gasteiger partial charge in [0, 0.05) is 38.4 Å². The zero-order chi connectivity index (χ0) is 20.5. The van der Waals surface area contributed by atoms with Gasteiger partial charge in [0.05, 0.1) is 6.54 Å². The highest BCUT2D eigenvalue weighted by Gasteiger charge is 2.05. The molecule has 0 aliphatic heterocycles. The van der Waals surface area contributed by atoms with Crippen molar-refractivity contribution in [2.45, 2.75) is 33.4 Å². The molecule has 0 radical (unpaired) electrons. The third-order valence-corrected chi connectivity index (χ3v) is 4.62. The summed E-state index contributed by atoms with van der Waals surface area (Å²) in [7, 11) is 0. The Morgan fingerprint density at radius 2 is 1.90 bits per heavy atom. The molecule has 30 heavy (non-hydrogen) atoms. The van der Waals surface area contributed by atoms with Crippen LogP contribution in [0, 0.1) is 12.7 Å². The number of benzene rings is 2. The standard InChI is InChI=1S/C23H28FN5.HI/c1-3-25-23(28-16-20-9-10-21(24)18(2)15-20)27-12-11-22-26-13-14-29(22)17-19-7-5-4-6-8-19;/h4-10,13-15H,3,11-12,16-17H2,1-2H3,(H2,25,27,28);1H. The third kappa shape index (κ3) is 7.12. The summed E-state index contributed by atoms with van der Waals surface area (Å²) in [5.74, 6) is 1.59. The second-order valence-corrected chi connectivity index (χ2v) is 6.91. The fourth-order valence-corrected chi connectivity index (χ4v) is 3.10. The monoisotopic (exact) mass is 521 g/mol. The number of guanidine groups is 1. The Morgan fingerprint density at radius 3 is 2.63 bits per heavy atom. The molecular formula is C23H29FIN5. The van der Waals surface area contributed by atoms with E-state index in [1.807, 2.05) is 31.5 Å². The predicted octanol–water partition coefficient (Wildman–Crippen LogP) is 4.29. The first-order valence-corrected chi connectivity index (χ1v) is 9.97. The molecular weight excluding hydrogens is 492 g/mol. The van der Waals surface area contributed by atoms with Gasteiger partial charge in [-0.15, -0.1) is 24.0 Å². The molecule has 0 bridgehead atoms. The van der Waals surface area contributed by atoms with Crippen LogP contribution in [0.2, 0.25) is 0 Å². The minimum Gasteiger partial charge on any atom is -0.357 e. The van der Waals surface area contributed by atoms with Crippen molar-refractivity contribution in [2.75, 3.05) is 13.1 Å². The highest BCUT2D eigenvalue weighted by atomic mass is 127. The Hall–Kier alpha value is -2.42. The molecule has 0 saturated heterocycles. The molecule has 0 spiro atoms. The fraction of sp³-hybridized carbons (Fsp3) is 0.304. The third-order valence-electron chi connectivity index (χ3n) is 4.62. The SMILES string of the molecule is CCNC(=NCc1ccc(F)c(C)c1)NCCc1nccn1Cc1ccccc1.I. The molecule has 3 aromatic rings. The Bertz CT molecular complexity index is 940. The van der Waals surface area contributed by atoms with Crippen molar-refractivity contribution >= 4 is 29.9 Å². The smallest absolute Gasteiger partial charge is 0.191 e. The second-order valence-electron chi connectivity index (χ2n) is 6.91. The summed E-state index contributed by atoms with van der Waals surface area (Å²) in [6.07, 6.45) is 4.65. The summed E-state index contributed by atoms with van der Waals surface area (Å²) in [6.45, 7) is 6.61. The van der Waals surface area contributed by atoms with E-state index >= 15 is 0 Å². The molecule has 5 nitrogen and oxygen atoms in total. The molecule has 0 aliphatic rings. The van der Waals surface area contributed by atoms with Crippen LogP contribution >= 0.6 is 24.0 Å². The van der Waals surface area contributed by atoms with Crippen LogP contribution in [-0.4, -0.2) is 28.6 Å². The molecule has 2 aromatic carbocycles. The first-order chi connectivity index (χ1) is 14.2. The fourth-order valence-electron chi connectivity index (χ4n) is 3.10. The highest BCUT2D eigenvalue weighted by Crippen LogP contribution is 2.10. The first kappa shape index (κ1) is 23.9. The maximum absolute atomic E-state index is 13.4. The van der Waals surface area contributed by atoms with Crippen LogP contribution in [0.1, 0.15) is 29.4 Å². The van der Waals surface area contributed by atoms with Gasteiger partial charge in [0.1, 0.15) is 11.6 Å². The van der Waals surface area contributed by atoms with Crippen LogP contribution in [0.15, 0.2) is 65.9 Å². The topological polar surface area (TPSA) is 54.2 Å². The minimum atomic E-state index is -0.186. The number of nitrogens with zero attached hydrogens (tertiary/aromatic N) is 3. The molecule has 0 amide bonds.